The van der Waals surface area contributed by atoms with E-state index in [1.54, 1.807) is 6.07 Å². The highest BCUT2D eigenvalue weighted by atomic mass is 35.5. The van der Waals surface area contributed by atoms with Gasteiger partial charge in [0.25, 0.3) is 0 Å². The first-order chi connectivity index (χ1) is 7.17. The number of hydrogen-bond acceptors (Lipinski definition) is 3. The molecule has 1 aromatic rings. The second kappa shape index (κ2) is 5.78. The minimum absolute atomic E-state index is 0.0810. The predicted octanol–water partition coefficient (Wildman–Crippen LogP) is 1.15. The fourth-order valence-corrected chi connectivity index (χ4v) is 1.42. The molecule has 0 aliphatic carbocycles. The van der Waals surface area contributed by atoms with Crippen molar-refractivity contribution in [3.05, 3.63) is 23.7 Å². The van der Waals surface area contributed by atoms with E-state index in [4.69, 9.17) is 21.1 Å². The zero-order valence-corrected chi connectivity index (χ0v) is 9.33. The molecule has 15 heavy (non-hydrogen) atoms. The lowest BCUT2D eigenvalue weighted by Crippen LogP contribution is -2.33. The van der Waals surface area contributed by atoms with Gasteiger partial charge in [0.2, 0.25) is 5.91 Å². The minimum Gasteiger partial charge on any atom is -0.464 e. The highest BCUT2D eigenvalue weighted by molar-refractivity contribution is 6.27. The Morgan fingerprint density at radius 3 is 2.80 bits per heavy atom. The number of carbonyl (C=O) groups is 1. The molecule has 0 radical (unpaired) electrons. The van der Waals surface area contributed by atoms with Crippen molar-refractivity contribution in [1.29, 1.82) is 0 Å². The van der Waals surface area contributed by atoms with Crippen molar-refractivity contribution in [2.45, 2.75) is 13.5 Å². The fraction of sp³-hybridized carbons (Fsp3) is 0.500. The van der Waals surface area contributed by atoms with Gasteiger partial charge in [0.15, 0.2) is 0 Å². The zero-order valence-electron chi connectivity index (χ0n) is 8.57. The van der Waals surface area contributed by atoms with Crippen molar-refractivity contribution in [3.63, 3.8) is 0 Å². The van der Waals surface area contributed by atoms with Crippen molar-refractivity contribution >= 4 is 17.5 Å². The standard InChI is InChI=1S/C10H14ClNO3/c1-8-2-3-9(15-8)7-12(4-5-13)10(14)6-11/h2-3,13H,4-7H2,1H3. The number of carbonyl (C=O) groups excluding carboxylic acids is 1. The van der Waals surface area contributed by atoms with Crippen LogP contribution in [0.5, 0.6) is 0 Å². The van der Waals surface area contributed by atoms with E-state index in [2.05, 4.69) is 0 Å². The van der Waals surface area contributed by atoms with E-state index in [0.717, 1.165) is 5.76 Å². The van der Waals surface area contributed by atoms with Gasteiger partial charge in [0.05, 0.1) is 13.2 Å². The lowest BCUT2D eigenvalue weighted by molar-refractivity contribution is -0.129. The summed E-state index contributed by atoms with van der Waals surface area (Å²) in [5.41, 5.74) is 0. The Kier molecular flexibility index (Phi) is 4.65. The van der Waals surface area contributed by atoms with Crippen molar-refractivity contribution in [3.8, 4) is 0 Å². The Bertz CT molecular complexity index is 324. The van der Waals surface area contributed by atoms with Crippen LogP contribution in [0, 0.1) is 6.92 Å². The van der Waals surface area contributed by atoms with E-state index in [-0.39, 0.29) is 24.9 Å². The van der Waals surface area contributed by atoms with Crippen LogP contribution in [0.3, 0.4) is 0 Å². The monoisotopic (exact) mass is 231 g/mol. The van der Waals surface area contributed by atoms with Gasteiger partial charge in [-0.3, -0.25) is 4.79 Å². The summed E-state index contributed by atoms with van der Waals surface area (Å²) >= 11 is 5.45. The van der Waals surface area contributed by atoms with E-state index in [1.807, 2.05) is 13.0 Å². The normalized spacial score (nSPS) is 10.3. The van der Waals surface area contributed by atoms with Gasteiger partial charge in [-0.2, -0.15) is 0 Å². The summed E-state index contributed by atoms with van der Waals surface area (Å²) in [4.78, 5) is 12.8. The zero-order chi connectivity index (χ0) is 11.3. The lowest BCUT2D eigenvalue weighted by Gasteiger charge is -2.19. The number of hydrogen-bond donors (Lipinski definition) is 1. The molecule has 0 bridgehead atoms. The Morgan fingerprint density at radius 2 is 2.33 bits per heavy atom. The number of alkyl halides is 1. The number of furan rings is 1. The van der Waals surface area contributed by atoms with E-state index < -0.39 is 0 Å². The van der Waals surface area contributed by atoms with Gasteiger partial charge in [0, 0.05) is 6.54 Å². The molecule has 0 spiro atoms. The molecule has 1 aromatic heterocycles. The summed E-state index contributed by atoms with van der Waals surface area (Å²) in [7, 11) is 0. The van der Waals surface area contributed by atoms with Crippen LogP contribution in [0.25, 0.3) is 0 Å². The molecule has 0 saturated heterocycles. The maximum absolute atomic E-state index is 11.4. The molecule has 0 aliphatic heterocycles. The largest absolute Gasteiger partial charge is 0.464 e. The van der Waals surface area contributed by atoms with Crippen LogP contribution in [0.4, 0.5) is 0 Å². The molecule has 5 heteroatoms. The molecule has 0 saturated carbocycles. The molecular formula is C10H14ClNO3. The first kappa shape index (κ1) is 12.1. The van der Waals surface area contributed by atoms with Gasteiger partial charge in [-0.25, -0.2) is 0 Å². The number of nitrogens with zero attached hydrogens (tertiary/aromatic N) is 1. The Balaban J connectivity index is 2.62. The third kappa shape index (κ3) is 3.57. The highest BCUT2D eigenvalue weighted by Gasteiger charge is 2.13. The van der Waals surface area contributed by atoms with Crippen LogP contribution in [-0.4, -0.2) is 34.9 Å². The predicted molar refractivity (Wildman–Crippen MR) is 56.7 cm³/mol. The Labute approximate surface area is 93.4 Å². The van der Waals surface area contributed by atoms with Crippen LogP contribution in [0.1, 0.15) is 11.5 Å². The number of halogens is 1. The Morgan fingerprint density at radius 1 is 1.60 bits per heavy atom. The van der Waals surface area contributed by atoms with Crippen LogP contribution < -0.4 is 0 Å². The van der Waals surface area contributed by atoms with Gasteiger partial charge >= 0.3 is 0 Å². The minimum atomic E-state index is -0.209. The topological polar surface area (TPSA) is 53.7 Å². The highest BCUT2D eigenvalue weighted by Crippen LogP contribution is 2.09. The van der Waals surface area contributed by atoms with E-state index in [9.17, 15) is 4.79 Å². The summed E-state index contributed by atoms with van der Waals surface area (Å²) in [6, 6.07) is 3.64. The smallest absolute Gasteiger partial charge is 0.237 e. The van der Waals surface area contributed by atoms with Gasteiger partial charge in [0.1, 0.15) is 17.4 Å². The molecule has 4 nitrogen and oxygen atoms in total. The quantitative estimate of drug-likeness (QED) is 0.774. The number of aliphatic hydroxyl groups excluding tert-OH is 1. The number of amides is 1. The summed E-state index contributed by atoms with van der Waals surface area (Å²) in [6.07, 6.45) is 0. The number of aryl methyl sites for hydroxylation is 1. The third-order valence-corrected chi connectivity index (χ3v) is 2.21. The molecule has 0 unspecified atom stereocenters. The molecule has 1 amide bonds. The maximum atomic E-state index is 11.4. The first-order valence-electron chi connectivity index (χ1n) is 4.67. The Hall–Kier alpha value is -1.00. The molecule has 84 valence electrons. The second-order valence-electron chi connectivity index (χ2n) is 3.18. The van der Waals surface area contributed by atoms with Crippen LogP contribution in [0.15, 0.2) is 16.5 Å². The van der Waals surface area contributed by atoms with Gasteiger partial charge < -0.3 is 14.4 Å². The van der Waals surface area contributed by atoms with E-state index in [0.29, 0.717) is 12.3 Å². The third-order valence-electron chi connectivity index (χ3n) is 1.98. The number of rotatable bonds is 5. The van der Waals surface area contributed by atoms with E-state index >= 15 is 0 Å². The molecule has 1 N–H and O–H groups in total. The van der Waals surface area contributed by atoms with Crippen LogP contribution >= 0.6 is 11.6 Å². The van der Waals surface area contributed by atoms with E-state index in [1.165, 1.54) is 4.90 Å². The second-order valence-corrected chi connectivity index (χ2v) is 3.45. The summed E-state index contributed by atoms with van der Waals surface area (Å²) in [6.45, 7) is 2.37. The number of aliphatic hydroxyl groups is 1. The van der Waals surface area contributed by atoms with Crippen molar-refractivity contribution in [2.75, 3.05) is 19.0 Å². The van der Waals surface area contributed by atoms with Crippen LogP contribution in [0.2, 0.25) is 0 Å². The SMILES string of the molecule is Cc1ccc(CN(CCO)C(=O)CCl)o1. The first-order valence-corrected chi connectivity index (χ1v) is 5.20. The maximum Gasteiger partial charge on any atom is 0.237 e. The molecule has 1 heterocycles. The summed E-state index contributed by atoms with van der Waals surface area (Å²) in [5, 5.41) is 8.80. The summed E-state index contributed by atoms with van der Waals surface area (Å²) in [5.74, 6) is 1.20. The van der Waals surface area contributed by atoms with Crippen molar-refractivity contribution in [1.82, 2.24) is 4.90 Å². The van der Waals surface area contributed by atoms with Crippen molar-refractivity contribution < 1.29 is 14.3 Å². The fourth-order valence-electron chi connectivity index (χ4n) is 1.26. The molecule has 0 aromatic carbocycles. The molecule has 0 aliphatic rings. The average Bonchev–Trinajstić information content (AvgIpc) is 2.62. The molecule has 0 fully saturated rings. The molecular weight excluding hydrogens is 218 g/mol. The van der Waals surface area contributed by atoms with Gasteiger partial charge in [-0.15, -0.1) is 11.6 Å². The van der Waals surface area contributed by atoms with Gasteiger partial charge in [-0.05, 0) is 19.1 Å². The molecule has 1 rings (SSSR count). The average molecular weight is 232 g/mol. The molecule has 0 atom stereocenters. The van der Waals surface area contributed by atoms with Crippen LogP contribution in [-0.2, 0) is 11.3 Å². The van der Waals surface area contributed by atoms with Gasteiger partial charge in [-0.1, -0.05) is 0 Å². The van der Waals surface area contributed by atoms with Crippen molar-refractivity contribution in [2.24, 2.45) is 0 Å². The lowest BCUT2D eigenvalue weighted by atomic mass is 10.4. The summed E-state index contributed by atoms with van der Waals surface area (Å²) < 4.78 is 5.34.